The molecule has 0 amide bonds. The first-order chi connectivity index (χ1) is 9.25. The fourth-order valence-corrected chi connectivity index (χ4v) is 2.95. The molecular weight excluding hydrogens is 257 g/mol. The van der Waals surface area contributed by atoms with Crippen molar-refractivity contribution < 1.29 is 14.3 Å². The van der Waals surface area contributed by atoms with Gasteiger partial charge >= 0.3 is 5.97 Å². The van der Waals surface area contributed by atoms with Crippen molar-refractivity contribution in [2.75, 3.05) is 13.1 Å². The fraction of sp³-hybridized carbons (Fsp3) is 0.562. The van der Waals surface area contributed by atoms with Crippen LogP contribution < -0.4 is 0 Å². The zero-order chi connectivity index (χ0) is 15.0. The third-order valence-electron chi connectivity index (χ3n) is 4.37. The van der Waals surface area contributed by atoms with Gasteiger partial charge in [0.15, 0.2) is 0 Å². The Bertz CT molecular complexity index is 482. The Morgan fingerprint density at radius 1 is 1.20 bits per heavy atom. The molecule has 0 spiro atoms. The Hall–Kier alpha value is -1.42. The molecule has 1 aliphatic heterocycles. The smallest absolute Gasteiger partial charge is 0.314 e. The van der Waals surface area contributed by atoms with Crippen LogP contribution in [0.15, 0.2) is 24.3 Å². The van der Waals surface area contributed by atoms with E-state index >= 15 is 0 Å². The third-order valence-corrected chi connectivity index (χ3v) is 4.37. The molecule has 1 fully saturated rings. The van der Waals surface area contributed by atoms with Gasteiger partial charge in [-0.05, 0) is 51.3 Å². The Labute approximate surface area is 119 Å². The molecule has 4 heteroatoms. The van der Waals surface area contributed by atoms with Crippen LogP contribution in [0, 0.1) is 5.82 Å². The van der Waals surface area contributed by atoms with Gasteiger partial charge in [0.1, 0.15) is 5.82 Å². The highest BCUT2D eigenvalue weighted by Gasteiger charge is 2.44. The predicted octanol–water partition coefficient (Wildman–Crippen LogP) is 3.04. The van der Waals surface area contributed by atoms with Crippen molar-refractivity contribution in [2.24, 2.45) is 0 Å². The molecule has 1 N–H and O–H groups in total. The monoisotopic (exact) mass is 279 g/mol. The maximum Gasteiger partial charge on any atom is 0.314 e. The zero-order valence-electron chi connectivity index (χ0n) is 12.3. The second-order valence-corrected chi connectivity index (χ2v) is 6.55. The summed E-state index contributed by atoms with van der Waals surface area (Å²) in [7, 11) is 0. The van der Waals surface area contributed by atoms with Gasteiger partial charge in [-0.1, -0.05) is 12.1 Å². The lowest BCUT2D eigenvalue weighted by molar-refractivity contribution is -0.146. The molecule has 20 heavy (non-hydrogen) atoms. The van der Waals surface area contributed by atoms with Gasteiger partial charge in [0.25, 0.3) is 0 Å². The number of hydrogen-bond donors (Lipinski definition) is 1. The molecule has 1 aromatic rings. The van der Waals surface area contributed by atoms with Gasteiger partial charge in [0.2, 0.25) is 0 Å². The molecule has 1 aromatic carbocycles. The number of likely N-dealkylation sites (tertiary alicyclic amines) is 1. The summed E-state index contributed by atoms with van der Waals surface area (Å²) in [6.45, 7) is 7.90. The van der Waals surface area contributed by atoms with Gasteiger partial charge in [-0.25, -0.2) is 4.39 Å². The first-order valence-corrected chi connectivity index (χ1v) is 7.00. The summed E-state index contributed by atoms with van der Waals surface area (Å²) in [4.78, 5) is 14.1. The SMILES string of the molecule is CC(C)(C)N1CCC(C(=O)O)(c2ccc(F)cc2)CC1. The van der Waals surface area contributed by atoms with E-state index in [1.54, 1.807) is 12.1 Å². The van der Waals surface area contributed by atoms with Gasteiger partial charge in [-0.3, -0.25) is 9.69 Å². The molecule has 0 saturated carbocycles. The summed E-state index contributed by atoms with van der Waals surface area (Å²) in [5.74, 6) is -1.14. The number of piperidine rings is 1. The number of benzene rings is 1. The minimum atomic E-state index is -0.880. The van der Waals surface area contributed by atoms with Crippen molar-refractivity contribution in [1.29, 1.82) is 0 Å². The summed E-state index contributed by atoms with van der Waals surface area (Å²) in [5.41, 5.74) is -0.122. The van der Waals surface area contributed by atoms with E-state index in [1.807, 2.05) is 0 Å². The quantitative estimate of drug-likeness (QED) is 0.904. The van der Waals surface area contributed by atoms with Crippen molar-refractivity contribution in [3.63, 3.8) is 0 Å². The molecule has 0 radical (unpaired) electrons. The van der Waals surface area contributed by atoms with Crippen molar-refractivity contribution >= 4 is 5.97 Å². The minimum absolute atomic E-state index is 0.0491. The molecule has 0 unspecified atom stereocenters. The summed E-state index contributed by atoms with van der Waals surface area (Å²) in [6.07, 6.45) is 1.12. The molecule has 2 rings (SSSR count). The van der Waals surface area contributed by atoms with E-state index in [1.165, 1.54) is 12.1 Å². The van der Waals surface area contributed by atoms with Crippen LogP contribution in [0.5, 0.6) is 0 Å². The highest BCUT2D eigenvalue weighted by molar-refractivity contribution is 5.81. The second-order valence-electron chi connectivity index (χ2n) is 6.55. The van der Waals surface area contributed by atoms with Crippen LogP contribution in [0.2, 0.25) is 0 Å². The van der Waals surface area contributed by atoms with Crippen LogP contribution in [0.25, 0.3) is 0 Å². The number of hydrogen-bond acceptors (Lipinski definition) is 2. The van der Waals surface area contributed by atoms with Gasteiger partial charge in [0, 0.05) is 18.6 Å². The maximum atomic E-state index is 13.0. The average Bonchev–Trinajstić information content (AvgIpc) is 2.38. The van der Waals surface area contributed by atoms with Crippen LogP contribution in [0.3, 0.4) is 0 Å². The maximum absolute atomic E-state index is 13.0. The van der Waals surface area contributed by atoms with Crippen molar-refractivity contribution in [3.05, 3.63) is 35.6 Å². The largest absolute Gasteiger partial charge is 0.481 e. The average molecular weight is 279 g/mol. The lowest BCUT2D eigenvalue weighted by atomic mass is 9.72. The summed E-state index contributed by atoms with van der Waals surface area (Å²) in [5, 5.41) is 9.69. The first-order valence-electron chi connectivity index (χ1n) is 7.00. The van der Waals surface area contributed by atoms with Crippen molar-refractivity contribution in [3.8, 4) is 0 Å². The Morgan fingerprint density at radius 2 is 1.70 bits per heavy atom. The molecule has 110 valence electrons. The molecule has 3 nitrogen and oxygen atoms in total. The molecule has 0 aliphatic carbocycles. The minimum Gasteiger partial charge on any atom is -0.481 e. The van der Waals surface area contributed by atoms with Crippen LogP contribution in [0.4, 0.5) is 4.39 Å². The predicted molar refractivity (Wildman–Crippen MR) is 76.3 cm³/mol. The summed E-state index contributed by atoms with van der Waals surface area (Å²) in [6, 6.07) is 5.90. The first kappa shape index (κ1) is 15.0. The van der Waals surface area contributed by atoms with Crippen LogP contribution in [0.1, 0.15) is 39.2 Å². The normalized spacial score (nSPS) is 19.8. The topological polar surface area (TPSA) is 40.5 Å². The Morgan fingerprint density at radius 3 is 2.10 bits per heavy atom. The van der Waals surface area contributed by atoms with E-state index in [0.29, 0.717) is 18.4 Å². The van der Waals surface area contributed by atoms with Crippen LogP contribution in [-0.2, 0) is 10.2 Å². The third kappa shape index (κ3) is 2.70. The number of carboxylic acids is 1. The van der Waals surface area contributed by atoms with Gasteiger partial charge in [0.05, 0.1) is 5.41 Å². The number of carbonyl (C=O) groups is 1. The number of aliphatic carboxylic acids is 1. The molecule has 1 aliphatic rings. The van der Waals surface area contributed by atoms with E-state index in [4.69, 9.17) is 0 Å². The van der Waals surface area contributed by atoms with E-state index in [-0.39, 0.29) is 11.4 Å². The standard InChI is InChI=1S/C16H22FNO2/c1-15(2,3)18-10-8-16(9-11-18,14(19)20)12-4-6-13(17)7-5-12/h4-7H,8-11H2,1-3H3,(H,19,20). The lowest BCUT2D eigenvalue weighted by Crippen LogP contribution is -2.52. The lowest BCUT2D eigenvalue weighted by Gasteiger charge is -2.44. The summed E-state index contributed by atoms with van der Waals surface area (Å²) >= 11 is 0. The van der Waals surface area contributed by atoms with E-state index < -0.39 is 11.4 Å². The molecule has 1 saturated heterocycles. The number of nitrogens with zero attached hydrogens (tertiary/aromatic N) is 1. The number of rotatable bonds is 2. The van der Waals surface area contributed by atoms with E-state index in [9.17, 15) is 14.3 Å². The molecular formula is C16H22FNO2. The van der Waals surface area contributed by atoms with E-state index in [0.717, 1.165) is 13.1 Å². The summed E-state index contributed by atoms with van der Waals surface area (Å²) < 4.78 is 13.0. The fourth-order valence-electron chi connectivity index (χ4n) is 2.95. The molecule has 1 heterocycles. The van der Waals surface area contributed by atoms with E-state index in [2.05, 4.69) is 25.7 Å². The zero-order valence-corrected chi connectivity index (χ0v) is 12.3. The van der Waals surface area contributed by atoms with Gasteiger partial charge < -0.3 is 5.11 Å². The number of halogens is 1. The molecule has 0 bridgehead atoms. The second kappa shape index (κ2) is 5.17. The van der Waals surface area contributed by atoms with Crippen molar-refractivity contribution in [1.82, 2.24) is 4.90 Å². The van der Waals surface area contributed by atoms with Gasteiger partial charge in [-0.15, -0.1) is 0 Å². The highest BCUT2D eigenvalue weighted by Crippen LogP contribution is 2.37. The van der Waals surface area contributed by atoms with Crippen LogP contribution in [-0.4, -0.2) is 34.6 Å². The Kier molecular flexibility index (Phi) is 3.87. The molecule has 0 atom stereocenters. The molecule has 0 aromatic heterocycles. The highest BCUT2D eigenvalue weighted by atomic mass is 19.1. The Balaban J connectivity index is 2.26. The van der Waals surface area contributed by atoms with Crippen molar-refractivity contribution in [2.45, 2.75) is 44.6 Å². The van der Waals surface area contributed by atoms with Crippen LogP contribution >= 0.6 is 0 Å². The number of carboxylic acid groups (broad SMARTS) is 1. The van der Waals surface area contributed by atoms with Gasteiger partial charge in [-0.2, -0.15) is 0 Å².